The minimum atomic E-state index is 0.226. The third-order valence-corrected chi connectivity index (χ3v) is 3.97. The molecule has 1 fully saturated rings. The fourth-order valence-electron chi connectivity index (χ4n) is 2.84. The van der Waals surface area contributed by atoms with Gasteiger partial charge in [-0.3, -0.25) is 4.90 Å². The minimum absolute atomic E-state index is 0.226. The summed E-state index contributed by atoms with van der Waals surface area (Å²) in [6.45, 7) is 6.20. The van der Waals surface area contributed by atoms with Gasteiger partial charge in [-0.05, 0) is 36.5 Å². The zero-order valence-electron chi connectivity index (χ0n) is 13.6. The average molecular weight is 292 g/mol. The van der Waals surface area contributed by atoms with E-state index in [9.17, 15) is 0 Å². The van der Waals surface area contributed by atoms with Crippen LogP contribution >= 0.6 is 0 Å². The lowest BCUT2D eigenvalue weighted by Gasteiger charge is -2.33. The van der Waals surface area contributed by atoms with Crippen molar-refractivity contribution in [2.45, 2.75) is 38.8 Å². The number of hydrogen-bond acceptors (Lipinski definition) is 4. The topological polar surface area (TPSA) is 47.7 Å². The van der Waals surface area contributed by atoms with E-state index in [2.05, 4.69) is 30.9 Å². The number of rotatable bonds is 8. The molecule has 0 amide bonds. The summed E-state index contributed by atoms with van der Waals surface area (Å²) < 4.78 is 10.8. The Kier molecular flexibility index (Phi) is 5.48. The van der Waals surface area contributed by atoms with Gasteiger partial charge in [-0.2, -0.15) is 0 Å². The second-order valence-electron chi connectivity index (χ2n) is 6.22. The van der Waals surface area contributed by atoms with Crippen molar-refractivity contribution in [3.05, 3.63) is 23.8 Å². The van der Waals surface area contributed by atoms with Crippen LogP contribution in [0, 0.1) is 5.92 Å². The monoisotopic (exact) mass is 292 g/mol. The first kappa shape index (κ1) is 16.1. The van der Waals surface area contributed by atoms with Gasteiger partial charge in [-0.1, -0.05) is 13.8 Å². The van der Waals surface area contributed by atoms with Crippen LogP contribution < -0.4 is 15.2 Å². The lowest BCUT2D eigenvalue weighted by molar-refractivity contribution is 0.169. The molecule has 0 aliphatic heterocycles. The summed E-state index contributed by atoms with van der Waals surface area (Å²) >= 11 is 0. The Morgan fingerprint density at radius 3 is 2.10 bits per heavy atom. The first-order valence-electron chi connectivity index (χ1n) is 7.77. The maximum absolute atomic E-state index is 6.11. The molecule has 118 valence electrons. The highest BCUT2D eigenvalue weighted by Gasteiger charge is 2.34. The molecule has 0 saturated heterocycles. The Hall–Kier alpha value is -1.26. The van der Waals surface area contributed by atoms with Crippen LogP contribution in [0.25, 0.3) is 0 Å². The summed E-state index contributed by atoms with van der Waals surface area (Å²) in [4.78, 5) is 2.55. The van der Waals surface area contributed by atoms with Crippen LogP contribution in [0.1, 0.15) is 38.3 Å². The largest absolute Gasteiger partial charge is 0.497 e. The van der Waals surface area contributed by atoms with Crippen molar-refractivity contribution in [1.29, 1.82) is 0 Å². The van der Waals surface area contributed by atoms with E-state index in [1.54, 1.807) is 14.2 Å². The first-order valence-corrected chi connectivity index (χ1v) is 7.77. The van der Waals surface area contributed by atoms with Crippen LogP contribution in [0.15, 0.2) is 18.2 Å². The quantitative estimate of drug-likeness (QED) is 0.800. The second-order valence-corrected chi connectivity index (χ2v) is 6.22. The third kappa shape index (κ3) is 4.11. The van der Waals surface area contributed by atoms with Crippen LogP contribution in [-0.2, 0) is 0 Å². The molecule has 1 unspecified atom stereocenters. The number of benzene rings is 1. The molecule has 1 aromatic rings. The summed E-state index contributed by atoms with van der Waals surface area (Å²) in [6.07, 6.45) is 2.56. The molecular weight excluding hydrogens is 264 g/mol. The van der Waals surface area contributed by atoms with Gasteiger partial charge in [0.05, 0.1) is 14.2 Å². The molecule has 2 rings (SSSR count). The molecule has 4 nitrogen and oxygen atoms in total. The van der Waals surface area contributed by atoms with Crippen molar-refractivity contribution in [2.24, 2.45) is 11.7 Å². The van der Waals surface area contributed by atoms with Gasteiger partial charge in [-0.25, -0.2) is 0 Å². The molecule has 0 spiro atoms. The zero-order valence-corrected chi connectivity index (χ0v) is 13.6. The summed E-state index contributed by atoms with van der Waals surface area (Å²) in [5, 5.41) is 0. The van der Waals surface area contributed by atoms with E-state index in [4.69, 9.17) is 15.2 Å². The predicted octanol–water partition coefficient (Wildman–Crippen LogP) is 2.82. The Morgan fingerprint density at radius 1 is 1.14 bits per heavy atom. The zero-order chi connectivity index (χ0) is 15.4. The van der Waals surface area contributed by atoms with Gasteiger partial charge in [0.15, 0.2) is 0 Å². The van der Waals surface area contributed by atoms with Gasteiger partial charge in [0.1, 0.15) is 11.5 Å². The van der Waals surface area contributed by atoms with Crippen LogP contribution in [0.2, 0.25) is 0 Å². The summed E-state index contributed by atoms with van der Waals surface area (Å²) in [6, 6.07) is 6.97. The van der Waals surface area contributed by atoms with E-state index in [0.717, 1.165) is 18.0 Å². The maximum atomic E-state index is 6.11. The molecule has 2 N–H and O–H groups in total. The fourth-order valence-corrected chi connectivity index (χ4v) is 2.84. The maximum Gasteiger partial charge on any atom is 0.122 e. The van der Waals surface area contributed by atoms with Crippen LogP contribution in [0.3, 0.4) is 0 Å². The standard InChI is InChI=1S/C17H28N2O2/c1-12(2)11-19(14-5-6-14)17(10-18)13-7-15(20-3)9-16(8-13)21-4/h7-9,12,14,17H,5-6,10-11,18H2,1-4H3. The van der Waals surface area contributed by atoms with Crippen LogP contribution in [-0.4, -0.2) is 38.3 Å². The van der Waals surface area contributed by atoms with Crippen LogP contribution in [0.4, 0.5) is 0 Å². The van der Waals surface area contributed by atoms with Crippen molar-refractivity contribution >= 4 is 0 Å². The van der Waals surface area contributed by atoms with Crippen molar-refractivity contribution in [3.8, 4) is 11.5 Å². The lowest BCUT2D eigenvalue weighted by atomic mass is 10.0. The number of nitrogens with two attached hydrogens (primary N) is 1. The van der Waals surface area contributed by atoms with E-state index in [-0.39, 0.29) is 6.04 Å². The Balaban J connectivity index is 2.29. The van der Waals surface area contributed by atoms with Gasteiger partial charge in [-0.15, -0.1) is 0 Å². The van der Waals surface area contributed by atoms with Gasteiger partial charge in [0.2, 0.25) is 0 Å². The highest BCUT2D eigenvalue weighted by molar-refractivity contribution is 5.40. The van der Waals surface area contributed by atoms with Crippen molar-refractivity contribution < 1.29 is 9.47 Å². The molecule has 1 aliphatic carbocycles. The normalized spacial score (nSPS) is 16.3. The van der Waals surface area contributed by atoms with Crippen molar-refractivity contribution in [1.82, 2.24) is 4.90 Å². The molecular formula is C17H28N2O2. The third-order valence-electron chi connectivity index (χ3n) is 3.97. The summed E-state index contributed by atoms with van der Waals surface area (Å²) in [7, 11) is 3.37. The number of nitrogens with zero attached hydrogens (tertiary/aromatic N) is 1. The fraction of sp³-hybridized carbons (Fsp3) is 0.647. The molecule has 0 heterocycles. The molecule has 1 aromatic carbocycles. The molecule has 1 atom stereocenters. The van der Waals surface area contributed by atoms with E-state index >= 15 is 0 Å². The predicted molar refractivity (Wildman–Crippen MR) is 85.9 cm³/mol. The summed E-state index contributed by atoms with van der Waals surface area (Å²) in [5.74, 6) is 2.28. The van der Waals surface area contributed by atoms with Gasteiger partial charge < -0.3 is 15.2 Å². The minimum Gasteiger partial charge on any atom is -0.497 e. The van der Waals surface area contributed by atoms with Crippen LogP contribution in [0.5, 0.6) is 11.5 Å². The smallest absolute Gasteiger partial charge is 0.122 e. The lowest BCUT2D eigenvalue weighted by Crippen LogP contribution is -2.38. The Bertz CT molecular complexity index is 436. The van der Waals surface area contributed by atoms with E-state index in [1.165, 1.54) is 18.4 Å². The SMILES string of the molecule is COc1cc(OC)cc(C(CN)N(CC(C)C)C2CC2)c1. The van der Waals surface area contributed by atoms with Crippen molar-refractivity contribution in [2.75, 3.05) is 27.3 Å². The molecule has 1 saturated carbocycles. The molecule has 1 aliphatic rings. The molecule has 21 heavy (non-hydrogen) atoms. The summed E-state index contributed by atoms with van der Waals surface area (Å²) in [5.41, 5.74) is 7.29. The number of methoxy groups -OCH3 is 2. The molecule has 0 radical (unpaired) electrons. The average Bonchev–Trinajstić information content (AvgIpc) is 3.30. The molecule has 0 bridgehead atoms. The van der Waals surface area contributed by atoms with Gasteiger partial charge >= 0.3 is 0 Å². The Morgan fingerprint density at radius 2 is 1.71 bits per heavy atom. The van der Waals surface area contributed by atoms with E-state index < -0.39 is 0 Å². The van der Waals surface area contributed by atoms with Gasteiger partial charge in [0.25, 0.3) is 0 Å². The van der Waals surface area contributed by atoms with E-state index in [0.29, 0.717) is 18.5 Å². The van der Waals surface area contributed by atoms with Crippen molar-refractivity contribution in [3.63, 3.8) is 0 Å². The highest BCUT2D eigenvalue weighted by Crippen LogP contribution is 2.36. The van der Waals surface area contributed by atoms with Gasteiger partial charge in [0, 0.05) is 31.2 Å². The highest BCUT2D eigenvalue weighted by atomic mass is 16.5. The van der Waals surface area contributed by atoms with E-state index in [1.807, 2.05) is 6.07 Å². The first-order chi connectivity index (χ1) is 10.1. The second kappa shape index (κ2) is 7.14. The molecule has 4 heteroatoms. The number of ether oxygens (including phenoxy) is 2. The molecule has 0 aromatic heterocycles. The Labute approximate surface area is 128 Å². The number of hydrogen-bond donors (Lipinski definition) is 1.